The van der Waals surface area contributed by atoms with Crippen LogP contribution in [0.2, 0.25) is 0 Å². The second-order valence-electron chi connectivity index (χ2n) is 9.55. The fourth-order valence-corrected chi connectivity index (χ4v) is 4.71. The number of benzene rings is 1. The quantitative estimate of drug-likeness (QED) is 0.265. The zero-order valence-electron chi connectivity index (χ0n) is 22.6. The van der Waals surface area contributed by atoms with Gasteiger partial charge in [-0.15, -0.1) is 0 Å². The third-order valence-electron chi connectivity index (χ3n) is 6.57. The number of rotatable bonds is 11. The van der Waals surface area contributed by atoms with Crippen LogP contribution in [-0.4, -0.2) is 64.4 Å². The molecule has 9 nitrogen and oxygen atoms in total. The van der Waals surface area contributed by atoms with Crippen LogP contribution in [0.15, 0.2) is 53.4 Å². The van der Waals surface area contributed by atoms with Gasteiger partial charge in [0.15, 0.2) is 11.5 Å². The van der Waals surface area contributed by atoms with Crippen LogP contribution in [-0.2, 0) is 17.5 Å². The van der Waals surface area contributed by atoms with Gasteiger partial charge in [0.25, 0.3) is 0 Å². The summed E-state index contributed by atoms with van der Waals surface area (Å²) >= 11 is 0. The minimum absolute atomic E-state index is 0.0199. The molecule has 0 saturated carbocycles. The van der Waals surface area contributed by atoms with Crippen molar-refractivity contribution in [1.82, 2.24) is 24.4 Å². The average Bonchev–Trinajstić information content (AvgIpc) is 3.52. The minimum atomic E-state index is -4.64. The maximum Gasteiger partial charge on any atom is 0.417 e. The number of allylic oxidation sites excluding steroid dienone is 3. The van der Waals surface area contributed by atoms with Crippen LogP contribution >= 0.6 is 0 Å². The molecule has 0 unspecified atom stereocenters. The summed E-state index contributed by atoms with van der Waals surface area (Å²) in [7, 11) is 1.51. The number of likely N-dealkylation sites (tertiary alicyclic amines) is 1. The topological polar surface area (TPSA) is 111 Å². The van der Waals surface area contributed by atoms with E-state index in [4.69, 9.17) is 15.2 Å². The summed E-state index contributed by atoms with van der Waals surface area (Å²) in [6.07, 6.45) is 3.06. The zero-order chi connectivity index (χ0) is 28.9. The molecule has 3 heterocycles. The summed E-state index contributed by atoms with van der Waals surface area (Å²) in [5.74, 6) is -0.0199. The Balaban J connectivity index is 1.67. The van der Waals surface area contributed by atoms with Gasteiger partial charge in [-0.3, -0.25) is 9.47 Å². The first-order valence-electron chi connectivity index (χ1n) is 12.9. The Morgan fingerprint density at radius 3 is 2.65 bits per heavy atom. The fraction of sp³-hybridized carbons (Fsp3) is 0.393. The minimum Gasteiger partial charge on any atom is -0.461 e. The Kier molecular flexibility index (Phi) is 9.10. The van der Waals surface area contributed by atoms with Crippen LogP contribution < -0.4 is 16.2 Å². The number of aromatic nitrogens is 4. The van der Waals surface area contributed by atoms with Crippen molar-refractivity contribution in [1.29, 1.82) is 0 Å². The first-order valence-corrected chi connectivity index (χ1v) is 12.9. The summed E-state index contributed by atoms with van der Waals surface area (Å²) in [4.78, 5) is 25.8. The van der Waals surface area contributed by atoms with Gasteiger partial charge in [0.2, 0.25) is 0 Å². The standard InChI is InChI=1S/C28H33F3N6O3/c1-4-7-19(16-36-10-5-6-11-36)14-18(2)21-9-8-20(15-22(21)28(29,30)31)17-37-25-23(33-27(37)38)24(32)34-26(35-25)40-13-12-39-3/h4,7-9,14-15H,2,5-6,10-13,16-17H2,1,3H3,(H,33,38)(H2,32,34,35)/b7-4-,19-14+. The molecule has 40 heavy (non-hydrogen) atoms. The van der Waals surface area contributed by atoms with Crippen molar-refractivity contribution < 1.29 is 22.6 Å². The molecule has 0 radical (unpaired) electrons. The monoisotopic (exact) mass is 558 g/mol. The number of anilines is 1. The molecule has 0 bridgehead atoms. The highest BCUT2D eigenvalue weighted by molar-refractivity contribution is 5.82. The lowest BCUT2D eigenvalue weighted by molar-refractivity contribution is -0.137. The highest BCUT2D eigenvalue weighted by Crippen LogP contribution is 2.36. The van der Waals surface area contributed by atoms with Gasteiger partial charge in [-0.1, -0.05) is 36.9 Å². The van der Waals surface area contributed by atoms with Crippen molar-refractivity contribution in [2.75, 3.05) is 45.7 Å². The van der Waals surface area contributed by atoms with E-state index >= 15 is 0 Å². The molecule has 1 aliphatic rings. The molecule has 4 rings (SSSR count). The van der Waals surface area contributed by atoms with Crippen LogP contribution in [0.4, 0.5) is 19.0 Å². The van der Waals surface area contributed by atoms with Gasteiger partial charge in [0.1, 0.15) is 12.1 Å². The van der Waals surface area contributed by atoms with E-state index in [0.717, 1.165) is 37.6 Å². The highest BCUT2D eigenvalue weighted by atomic mass is 19.4. The van der Waals surface area contributed by atoms with Crippen molar-refractivity contribution in [3.63, 3.8) is 0 Å². The summed E-state index contributed by atoms with van der Waals surface area (Å²) in [6.45, 7) is 8.66. The number of hydrogen-bond acceptors (Lipinski definition) is 7. The number of imidazole rings is 1. The van der Waals surface area contributed by atoms with Crippen LogP contribution in [0.25, 0.3) is 16.7 Å². The van der Waals surface area contributed by atoms with Crippen molar-refractivity contribution in [2.24, 2.45) is 0 Å². The second kappa shape index (κ2) is 12.5. The maximum absolute atomic E-state index is 14.2. The van der Waals surface area contributed by atoms with Gasteiger partial charge >= 0.3 is 17.9 Å². The van der Waals surface area contributed by atoms with E-state index in [2.05, 4.69) is 26.4 Å². The molecule has 3 N–H and O–H groups in total. The molecule has 0 amide bonds. The molecule has 12 heteroatoms. The van der Waals surface area contributed by atoms with Crippen LogP contribution in [0.3, 0.4) is 0 Å². The fourth-order valence-electron chi connectivity index (χ4n) is 4.71. The average molecular weight is 559 g/mol. The normalized spacial score (nSPS) is 15.0. The van der Waals surface area contributed by atoms with Gasteiger partial charge in [-0.25, -0.2) is 4.79 Å². The molecular weight excluding hydrogens is 525 g/mol. The number of ether oxygens (including phenoxy) is 2. The molecule has 1 aromatic carbocycles. The number of fused-ring (bicyclic) bond motifs is 1. The van der Waals surface area contributed by atoms with E-state index in [1.165, 1.54) is 17.7 Å². The van der Waals surface area contributed by atoms with Crippen molar-refractivity contribution in [3.8, 4) is 6.01 Å². The van der Waals surface area contributed by atoms with E-state index in [1.54, 1.807) is 12.1 Å². The Morgan fingerprint density at radius 1 is 1.23 bits per heavy atom. The number of alkyl halides is 3. The van der Waals surface area contributed by atoms with E-state index < -0.39 is 17.4 Å². The Morgan fingerprint density at radius 2 is 1.98 bits per heavy atom. The number of nitrogens with one attached hydrogen (secondary N) is 1. The molecule has 2 aromatic heterocycles. The van der Waals surface area contributed by atoms with Gasteiger partial charge < -0.3 is 20.2 Å². The maximum atomic E-state index is 14.2. The lowest BCUT2D eigenvalue weighted by Crippen LogP contribution is -2.21. The molecule has 0 atom stereocenters. The Hall–Kier alpha value is -3.90. The molecule has 1 fully saturated rings. The predicted octanol–water partition coefficient (Wildman–Crippen LogP) is 4.41. The van der Waals surface area contributed by atoms with E-state index in [0.29, 0.717) is 6.54 Å². The highest BCUT2D eigenvalue weighted by Gasteiger charge is 2.34. The first-order chi connectivity index (χ1) is 19.1. The largest absolute Gasteiger partial charge is 0.461 e. The number of hydrogen-bond donors (Lipinski definition) is 2. The molecular formula is C28H33F3N6O3. The van der Waals surface area contributed by atoms with Gasteiger partial charge in [-0.2, -0.15) is 23.1 Å². The van der Waals surface area contributed by atoms with Gasteiger partial charge in [0.05, 0.1) is 18.7 Å². The van der Waals surface area contributed by atoms with Crippen LogP contribution in [0.5, 0.6) is 6.01 Å². The number of halogens is 3. The Labute approximate surface area is 229 Å². The summed E-state index contributed by atoms with van der Waals surface area (Å²) < 4.78 is 54.3. The van der Waals surface area contributed by atoms with E-state index in [9.17, 15) is 18.0 Å². The van der Waals surface area contributed by atoms with E-state index in [1.807, 2.05) is 19.1 Å². The molecule has 0 aliphatic carbocycles. The van der Waals surface area contributed by atoms with Crippen molar-refractivity contribution >= 4 is 22.6 Å². The number of nitrogens with zero attached hydrogens (tertiary/aromatic N) is 4. The third-order valence-corrected chi connectivity index (χ3v) is 6.57. The molecule has 0 spiro atoms. The van der Waals surface area contributed by atoms with Crippen molar-refractivity contribution in [3.05, 3.63) is 75.8 Å². The summed E-state index contributed by atoms with van der Waals surface area (Å²) in [6, 6.07) is 3.90. The SMILES string of the molecule is C=C(/C=C(\C=C/C)CN1CCCC1)c1ccc(Cn2c(=O)[nH]c3c(N)nc(OCCOC)nc32)cc1C(F)(F)F. The van der Waals surface area contributed by atoms with Gasteiger partial charge in [0, 0.05) is 13.7 Å². The molecule has 214 valence electrons. The van der Waals surface area contributed by atoms with Crippen molar-refractivity contribution in [2.45, 2.75) is 32.5 Å². The van der Waals surface area contributed by atoms with Gasteiger partial charge in [-0.05, 0) is 61.2 Å². The second-order valence-corrected chi connectivity index (χ2v) is 9.55. The molecule has 1 aliphatic heterocycles. The number of methoxy groups -OCH3 is 1. The molecule has 3 aromatic rings. The lowest BCUT2D eigenvalue weighted by atomic mass is 9.96. The summed E-state index contributed by atoms with van der Waals surface area (Å²) in [5.41, 5.74) is 6.20. The summed E-state index contributed by atoms with van der Waals surface area (Å²) in [5, 5.41) is 0. The third kappa shape index (κ3) is 6.80. The number of H-pyrrole nitrogens is 1. The zero-order valence-corrected chi connectivity index (χ0v) is 22.6. The smallest absolute Gasteiger partial charge is 0.417 e. The number of nitrogens with two attached hydrogens (primary N) is 1. The Bertz CT molecular complexity index is 1480. The van der Waals surface area contributed by atoms with E-state index in [-0.39, 0.29) is 59.5 Å². The van der Waals surface area contributed by atoms with Crippen LogP contribution in [0, 0.1) is 0 Å². The molecule has 1 saturated heterocycles. The number of nitrogen functional groups attached to an aromatic ring is 1. The first kappa shape index (κ1) is 29.1. The van der Waals surface area contributed by atoms with Crippen LogP contribution in [0.1, 0.15) is 36.5 Å². The number of aromatic amines is 1. The predicted molar refractivity (Wildman–Crippen MR) is 148 cm³/mol. The lowest BCUT2D eigenvalue weighted by Gasteiger charge is -2.18.